The van der Waals surface area contributed by atoms with Gasteiger partial charge in [-0.05, 0) is 37.8 Å². The van der Waals surface area contributed by atoms with Gasteiger partial charge in [-0.3, -0.25) is 0 Å². The summed E-state index contributed by atoms with van der Waals surface area (Å²) >= 11 is 0. The predicted molar refractivity (Wildman–Crippen MR) is 59.5 cm³/mol. The third kappa shape index (κ3) is 1.94. The standard InChI is InChI=1S/C12H15N3/c1-9(10-5-6-10)15(2)12-4-3-7-14-11(12)8-13/h3-4,7,9-10H,5-6H2,1-2H3. The fourth-order valence-electron chi connectivity index (χ4n) is 1.88. The van der Waals surface area contributed by atoms with E-state index >= 15 is 0 Å². The van der Waals surface area contributed by atoms with Gasteiger partial charge in [-0.2, -0.15) is 5.26 Å². The second kappa shape index (κ2) is 3.90. The minimum absolute atomic E-state index is 0.501. The fourth-order valence-corrected chi connectivity index (χ4v) is 1.88. The first-order valence-corrected chi connectivity index (χ1v) is 5.32. The van der Waals surface area contributed by atoms with E-state index in [0.717, 1.165) is 11.6 Å². The van der Waals surface area contributed by atoms with Crippen LogP contribution in [0.2, 0.25) is 0 Å². The molecule has 0 aromatic carbocycles. The molecule has 3 nitrogen and oxygen atoms in total. The highest BCUT2D eigenvalue weighted by molar-refractivity contribution is 5.55. The first kappa shape index (κ1) is 9.97. The molecule has 0 saturated heterocycles. The number of anilines is 1. The van der Waals surface area contributed by atoms with Gasteiger partial charge < -0.3 is 4.90 Å². The summed E-state index contributed by atoms with van der Waals surface area (Å²) in [5, 5.41) is 8.96. The van der Waals surface area contributed by atoms with Gasteiger partial charge in [0.2, 0.25) is 0 Å². The van der Waals surface area contributed by atoms with E-state index < -0.39 is 0 Å². The maximum Gasteiger partial charge on any atom is 0.163 e. The summed E-state index contributed by atoms with van der Waals surface area (Å²) in [5.74, 6) is 0.793. The van der Waals surface area contributed by atoms with Crippen LogP contribution in [0.25, 0.3) is 0 Å². The minimum atomic E-state index is 0.501. The predicted octanol–water partition coefficient (Wildman–Crippen LogP) is 2.19. The van der Waals surface area contributed by atoms with Crippen LogP contribution >= 0.6 is 0 Å². The lowest BCUT2D eigenvalue weighted by atomic mass is 10.1. The molecule has 1 aromatic heterocycles. The van der Waals surface area contributed by atoms with Crippen LogP contribution in [0.1, 0.15) is 25.5 Å². The second-order valence-corrected chi connectivity index (χ2v) is 4.17. The highest BCUT2D eigenvalue weighted by Gasteiger charge is 2.31. The quantitative estimate of drug-likeness (QED) is 0.752. The van der Waals surface area contributed by atoms with Crippen molar-refractivity contribution in [3.05, 3.63) is 24.0 Å². The number of hydrogen-bond acceptors (Lipinski definition) is 3. The third-order valence-electron chi connectivity index (χ3n) is 3.19. The van der Waals surface area contributed by atoms with Gasteiger partial charge in [0.05, 0.1) is 5.69 Å². The summed E-state index contributed by atoms with van der Waals surface area (Å²) in [4.78, 5) is 6.25. The molecular weight excluding hydrogens is 186 g/mol. The Morgan fingerprint density at radius 1 is 1.60 bits per heavy atom. The molecule has 0 N–H and O–H groups in total. The molecule has 2 rings (SSSR count). The van der Waals surface area contributed by atoms with E-state index in [1.54, 1.807) is 6.20 Å². The molecule has 0 bridgehead atoms. The van der Waals surface area contributed by atoms with Crippen molar-refractivity contribution in [3.63, 3.8) is 0 Å². The van der Waals surface area contributed by atoms with Gasteiger partial charge in [0.25, 0.3) is 0 Å². The van der Waals surface area contributed by atoms with Gasteiger partial charge in [-0.15, -0.1) is 0 Å². The largest absolute Gasteiger partial charge is 0.369 e. The molecule has 1 unspecified atom stereocenters. The molecule has 1 heterocycles. The van der Waals surface area contributed by atoms with E-state index in [1.165, 1.54) is 12.8 Å². The normalized spacial score (nSPS) is 16.9. The van der Waals surface area contributed by atoms with Crippen molar-refractivity contribution in [2.75, 3.05) is 11.9 Å². The van der Waals surface area contributed by atoms with Crippen molar-refractivity contribution in [1.82, 2.24) is 4.98 Å². The Labute approximate surface area is 90.4 Å². The van der Waals surface area contributed by atoms with Crippen LogP contribution in [0, 0.1) is 17.2 Å². The summed E-state index contributed by atoms with van der Waals surface area (Å²) in [6.07, 6.45) is 4.29. The molecule has 1 aliphatic carbocycles. The topological polar surface area (TPSA) is 39.9 Å². The van der Waals surface area contributed by atoms with Crippen molar-refractivity contribution in [1.29, 1.82) is 5.26 Å². The second-order valence-electron chi connectivity index (χ2n) is 4.17. The zero-order valence-electron chi connectivity index (χ0n) is 9.14. The summed E-state index contributed by atoms with van der Waals surface area (Å²) in [6, 6.07) is 6.48. The first-order chi connectivity index (χ1) is 7.24. The lowest BCUT2D eigenvalue weighted by Gasteiger charge is -2.27. The number of nitriles is 1. The SMILES string of the molecule is CC(C1CC1)N(C)c1cccnc1C#N. The third-order valence-corrected chi connectivity index (χ3v) is 3.19. The Morgan fingerprint density at radius 2 is 2.33 bits per heavy atom. The molecule has 1 saturated carbocycles. The molecule has 0 radical (unpaired) electrons. The van der Waals surface area contributed by atoms with Crippen LogP contribution in [0.5, 0.6) is 0 Å². The first-order valence-electron chi connectivity index (χ1n) is 5.32. The number of nitrogens with zero attached hydrogens (tertiary/aromatic N) is 3. The number of aromatic nitrogens is 1. The molecule has 1 fully saturated rings. The summed E-state index contributed by atoms with van der Waals surface area (Å²) < 4.78 is 0. The maximum atomic E-state index is 8.96. The van der Waals surface area contributed by atoms with Crippen LogP contribution < -0.4 is 4.90 Å². The number of hydrogen-bond donors (Lipinski definition) is 0. The van der Waals surface area contributed by atoms with Crippen LogP contribution in [-0.2, 0) is 0 Å². The maximum absolute atomic E-state index is 8.96. The van der Waals surface area contributed by atoms with Crippen molar-refractivity contribution in [3.8, 4) is 6.07 Å². The lowest BCUT2D eigenvalue weighted by molar-refractivity contribution is 0.608. The highest BCUT2D eigenvalue weighted by Crippen LogP contribution is 2.36. The Balaban J connectivity index is 2.24. The number of rotatable bonds is 3. The Kier molecular flexibility index (Phi) is 2.59. The van der Waals surface area contributed by atoms with E-state index in [1.807, 2.05) is 19.2 Å². The van der Waals surface area contributed by atoms with Crippen molar-refractivity contribution in [2.24, 2.45) is 5.92 Å². The van der Waals surface area contributed by atoms with Gasteiger partial charge in [0.1, 0.15) is 6.07 Å². The van der Waals surface area contributed by atoms with Gasteiger partial charge in [-0.25, -0.2) is 4.98 Å². The molecule has 78 valence electrons. The average molecular weight is 201 g/mol. The number of pyridine rings is 1. The molecule has 15 heavy (non-hydrogen) atoms. The van der Waals surface area contributed by atoms with E-state index in [-0.39, 0.29) is 0 Å². The molecule has 1 aromatic rings. The van der Waals surface area contributed by atoms with Gasteiger partial charge in [0, 0.05) is 19.3 Å². The van der Waals surface area contributed by atoms with Crippen molar-refractivity contribution in [2.45, 2.75) is 25.8 Å². The van der Waals surface area contributed by atoms with Crippen LogP contribution in [0.3, 0.4) is 0 Å². The molecule has 1 aliphatic rings. The minimum Gasteiger partial charge on any atom is -0.369 e. The summed E-state index contributed by atoms with van der Waals surface area (Å²) in [7, 11) is 2.04. The monoisotopic (exact) mass is 201 g/mol. The lowest BCUT2D eigenvalue weighted by Crippen LogP contribution is -2.31. The van der Waals surface area contributed by atoms with E-state index in [4.69, 9.17) is 5.26 Å². The van der Waals surface area contributed by atoms with Gasteiger partial charge >= 0.3 is 0 Å². The molecule has 0 amide bonds. The van der Waals surface area contributed by atoms with Crippen molar-refractivity contribution >= 4 is 5.69 Å². The Hall–Kier alpha value is -1.56. The average Bonchev–Trinajstić information content (AvgIpc) is 3.11. The fraction of sp³-hybridized carbons (Fsp3) is 0.500. The molecule has 0 spiro atoms. The highest BCUT2D eigenvalue weighted by atomic mass is 15.1. The summed E-state index contributed by atoms with van der Waals surface area (Å²) in [5.41, 5.74) is 1.46. The Morgan fingerprint density at radius 3 is 2.93 bits per heavy atom. The van der Waals surface area contributed by atoms with E-state index in [9.17, 15) is 0 Å². The van der Waals surface area contributed by atoms with E-state index in [0.29, 0.717) is 11.7 Å². The van der Waals surface area contributed by atoms with Crippen LogP contribution in [0.4, 0.5) is 5.69 Å². The van der Waals surface area contributed by atoms with Crippen LogP contribution in [-0.4, -0.2) is 18.1 Å². The van der Waals surface area contributed by atoms with E-state index in [2.05, 4.69) is 22.9 Å². The van der Waals surface area contributed by atoms with Crippen molar-refractivity contribution < 1.29 is 0 Å². The molecule has 0 aliphatic heterocycles. The van der Waals surface area contributed by atoms with Gasteiger partial charge in [-0.1, -0.05) is 0 Å². The summed E-state index contributed by atoms with van der Waals surface area (Å²) in [6.45, 7) is 2.21. The molecule has 1 atom stereocenters. The molecular formula is C12H15N3. The Bertz CT molecular complexity index is 390. The molecule has 3 heteroatoms. The smallest absolute Gasteiger partial charge is 0.163 e. The zero-order chi connectivity index (χ0) is 10.8. The van der Waals surface area contributed by atoms with Gasteiger partial charge in [0.15, 0.2) is 5.69 Å². The van der Waals surface area contributed by atoms with Crippen LogP contribution in [0.15, 0.2) is 18.3 Å². The zero-order valence-corrected chi connectivity index (χ0v) is 9.14.